The molecule has 0 bridgehead atoms. The number of alkyl halides is 2. The molecule has 10 heteroatoms. The lowest BCUT2D eigenvalue weighted by Gasteiger charge is -2.32. The van der Waals surface area contributed by atoms with Gasteiger partial charge in [0.05, 0.1) is 43.0 Å². The van der Waals surface area contributed by atoms with Crippen LogP contribution in [0.4, 0.5) is 14.6 Å². The first-order valence-electron chi connectivity index (χ1n) is 10.4. The van der Waals surface area contributed by atoms with Crippen molar-refractivity contribution in [2.24, 2.45) is 7.05 Å². The van der Waals surface area contributed by atoms with Gasteiger partial charge in [-0.15, -0.1) is 0 Å². The van der Waals surface area contributed by atoms with Crippen molar-refractivity contribution < 1.29 is 13.9 Å². The summed E-state index contributed by atoms with van der Waals surface area (Å²) < 4.78 is 32.0. The normalized spacial score (nSPS) is 18.2. The van der Waals surface area contributed by atoms with Gasteiger partial charge in [0, 0.05) is 30.6 Å². The third-order valence-electron chi connectivity index (χ3n) is 5.73. The summed E-state index contributed by atoms with van der Waals surface area (Å²) in [6, 6.07) is 6.14. The van der Waals surface area contributed by atoms with Crippen LogP contribution in [0.5, 0.6) is 0 Å². The Balaban J connectivity index is 1.53. The van der Waals surface area contributed by atoms with Gasteiger partial charge in [0.25, 0.3) is 5.92 Å². The quantitative estimate of drug-likeness (QED) is 0.443. The number of hydrogen-bond donors (Lipinski definition) is 3. The van der Waals surface area contributed by atoms with Crippen molar-refractivity contribution in [3.8, 4) is 22.5 Å². The van der Waals surface area contributed by atoms with Crippen molar-refractivity contribution in [1.29, 1.82) is 0 Å². The number of pyridine rings is 2. The Morgan fingerprint density at radius 2 is 2.16 bits per heavy atom. The topological polar surface area (TPSA) is 92.3 Å². The van der Waals surface area contributed by atoms with E-state index < -0.39 is 12.0 Å². The molecule has 1 aliphatic rings. The second-order valence-corrected chi connectivity index (χ2v) is 7.98. The fraction of sp³-hybridized carbons (Fsp3) is 0.318. The SMILES string of the molecule is Cn1cc(-c2cn3c(-c4cccc(N[C@@H]5CCNCC5(F)F)n4)cnc3cc2CO)cn1. The first kappa shape index (κ1) is 20.5. The maximum Gasteiger partial charge on any atom is 0.279 e. The molecule has 0 spiro atoms. The molecule has 8 nitrogen and oxygen atoms in total. The number of aliphatic hydroxyl groups is 1. The van der Waals surface area contributed by atoms with Gasteiger partial charge in [0.1, 0.15) is 11.5 Å². The summed E-state index contributed by atoms with van der Waals surface area (Å²) in [6.45, 7) is 0.0531. The summed E-state index contributed by atoms with van der Waals surface area (Å²) in [5.41, 5.74) is 4.41. The molecule has 5 rings (SSSR count). The summed E-state index contributed by atoms with van der Waals surface area (Å²) in [6.07, 6.45) is 7.50. The number of piperidine rings is 1. The average molecular weight is 439 g/mol. The van der Waals surface area contributed by atoms with Gasteiger partial charge in [0.15, 0.2) is 0 Å². The fourth-order valence-corrected chi connectivity index (χ4v) is 4.05. The lowest BCUT2D eigenvalue weighted by molar-refractivity contribution is -0.0322. The highest BCUT2D eigenvalue weighted by atomic mass is 19.3. The molecule has 1 fully saturated rings. The number of halogens is 2. The second-order valence-electron chi connectivity index (χ2n) is 7.98. The Morgan fingerprint density at radius 1 is 1.28 bits per heavy atom. The van der Waals surface area contributed by atoms with Gasteiger partial charge in [-0.3, -0.25) is 9.08 Å². The Kier molecular flexibility index (Phi) is 5.10. The lowest BCUT2D eigenvalue weighted by atomic mass is 10.0. The number of nitrogens with zero attached hydrogens (tertiary/aromatic N) is 5. The Hall–Kier alpha value is -3.37. The molecule has 0 saturated carbocycles. The van der Waals surface area contributed by atoms with Gasteiger partial charge in [-0.1, -0.05) is 6.07 Å². The maximum absolute atomic E-state index is 14.2. The minimum absolute atomic E-state index is 0.134. The molecule has 4 aromatic rings. The van der Waals surface area contributed by atoms with E-state index >= 15 is 0 Å². The molecule has 5 heterocycles. The van der Waals surface area contributed by atoms with Crippen LogP contribution < -0.4 is 10.6 Å². The van der Waals surface area contributed by atoms with E-state index in [-0.39, 0.29) is 13.2 Å². The van der Waals surface area contributed by atoms with E-state index in [4.69, 9.17) is 0 Å². The fourth-order valence-electron chi connectivity index (χ4n) is 4.05. The number of nitrogens with one attached hydrogen (secondary N) is 2. The van der Waals surface area contributed by atoms with Crippen LogP contribution in [-0.4, -0.2) is 54.3 Å². The predicted octanol–water partition coefficient (Wildman–Crippen LogP) is 2.70. The molecule has 32 heavy (non-hydrogen) atoms. The van der Waals surface area contributed by atoms with E-state index in [1.165, 1.54) is 0 Å². The zero-order chi connectivity index (χ0) is 22.3. The minimum Gasteiger partial charge on any atom is -0.392 e. The van der Waals surface area contributed by atoms with Crippen LogP contribution in [0.15, 0.2) is 49.1 Å². The van der Waals surface area contributed by atoms with Gasteiger partial charge in [-0.2, -0.15) is 5.10 Å². The van der Waals surface area contributed by atoms with Crippen LogP contribution in [0.1, 0.15) is 12.0 Å². The van der Waals surface area contributed by atoms with E-state index in [2.05, 4.69) is 25.7 Å². The summed E-state index contributed by atoms with van der Waals surface area (Å²) in [5, 5.41) is 19.7. The molecule has 3 N–H and O–H groups in total. The van der Waals surface area contributed by atoms with Crippen molar-refractivity contribution in [1.82, 2.24) is 29.5 Å². The number of hydrogen-bond acceptors (Lipinski definition) is 6. The molecule has 0 radical (unpaired) electrons. The third kappa shape index (κ3) is 3.71. The summed E-state index contributed by atoms with van der Waals surface area (Å²) in [4.78, 5) is 9.04. The highest BCUT2D eigenvalue weighted by Crippen LogP contribution is 2.30. The van der Waals surface area contributed by atoms with E-state index in [0.29, 0.717) is 30.1 Å². The number of aliphatic hydroxyl groups excluding tert-OH is 1. The van der Waals surface area contributed by atoms with Crippen LogP contribution in [0.25, 0.3) is 28.2 Å². The molecular weight excluding hydrogens is 416 g/mol. The Bertz CT molecular complexity index is 1270. The average Bonchev–Trinajstić information content (AvgIpc) is 3.40. The maximum atomic E-state index is 14.2. The van der Waals surface area contributed by atoms with Crippen LogP contribution in [0.2, 0.25) is 0 Å². The third-order valence-corrected chi connectivity index (χ3v) is 5.73. The number of aromatic nitrogens is 5. The zero-order valence-electron chi connectivity index (χ0n) is 17.5. The molecule has 1 aliphatic heterocycles. The molecule has 0 amide bonds. The Labute approximate surface area is 182 Å². The number of rotatable bonds is 5. The molecule has 0 unspecified atom stereocenters. The van der Waals surface area contributed by atoms with Crippen molar-refractivity contribution in [3.05, 3.63) is 54.6 Å². The number of fused-ring (bicyclic) bond motifs is 1. The summed E-state index contributed by atoms with van der Waals surface area (Å²) in [7, 11) is 1.83. The standard InChI is InChI=1S/C22H23F2N7O/c1-30-10-15(8-27-30)16-11-31-18(9-26-21(31)7-14(16)12-32)17-3-2-4-20(28-17)29-19-5-6-25-13-22(19,23)24/h2-4,7-11,19,25,32H,5-6,12-13H2,1H3,(H,28,29)/t19-/m1/s1. The van der Waals surface area contributed by atoms with Crippen LogP contribution >= 0.6 is 0 Å². The van der Waals surface area contributed by atoms with Crippen molar-refractivity contribution in [3.63, 3.8) is 0 Å². The first-order valence-corrected chi connectivity index (χ1v) is 10.4. The van der Waals surface area contributed by atoms with E-state index in [0.717, 1.165) is 22.4 Å². The predicted molar refractivity (Wildman–Crippen MR) is 116 cm³/mol. The van der Waals surface area contributed by atoms with Crippen LogP contribution in [0, 0.1) is 0 Å². The smallest absolute Gasteiger partial charge is 0.279 e. The second kappa shape index (κ2) is 7.95. The van der Waals surface area contributed by atoms with Crippen LogP contribution in [0.3, 0.4) is 0 Å². The lowest BCUT2D eigenvalue weighted by Crippen LogP contribution is -2.52. The number of imidazole rings is 1. The molecule has 1 atom stereocenters. The van der Waals surface area contributed by atoms with Crippen LogP contribution in [-0.2, 0) is 13.7 Å². The zero-order valence-corrected chi connectivity index (χ0v) is 17.5. The number of anilines is 1. The molecule has 0 aromatic carbocycles. The highest BCUT2D eigenvalue weighted by Gasteiger charge is 2.41. The largest absolute Gasteiger partial charge is 0.392 e. The highest BCUT2D eigenvalue weighted by molar-refractivity contribution is 5.71. The number of aryl methyl sites for hydroxylation is 1. The van der Waals surface area contributed by atoms with Crippen molar-refractivity contribution in [2.45, 2.75) is 25.0 Å². The molecule has 0 aliphatic carbocycles. The molecule has 4 aromatic heterocycles. The van der Waals surface area contributed by atoms with Gasteiger partial charge < -0.3 is 15.7 Å². The monoisotopic (exact) mass is 439 g/mol. The van der Waals surface area contributed by atoms with E-state index in [1.54, 1.807) is 29.2 Å². The molecule has 166 valence electrons. The van der Waals surface area contributed by atoms with Gasteiger partial charge in [0.2, 0.25) is 0 Å². The van der Waals surface area contributed by atoms with E-state index in [9.17, 15) is 13.9 Å². The first-order chi connectivity index (χ1) is 15.4. The molecule has 1 saturated heterocycles. The summed E-state index contributed by atoms with van der Waals surface area (Å²) >= 11 is 0. The van der Waals surface area contributed by atoms with Crippen molar-refractivity contribution >= 4 is 11.5 Å². The molecular formula is C22H23F2N7O. The van der Waals surface area contributed by atoms with E-state index in [1.807, 2.05) is 36.0 Å². The minimum atomic E-state index is -2.85. The van der Waals surface area contributed by atoms with Gasteiger partial charge in [-0.05, 0) is 36.7 Å². The Morgan fingerprint density at radius 3 is 2.91 bits per heavy atom. The van der Waals surface area contributed by atoms with Gasteiger partial charge in [-0.25, -0.2) is 18.7 Å². The summed E-state index contributed by atoms with van der Waals surface area (Å²) in [5.74, 6) is -2.46. The van der Waals surface area contributed by atoms with Gasteiger partial charge >= 0.3 is 0 Å². The van der Waals surface area contributed by atoms with Crippen molar-refractivity contribution in [2.75, 3.05) is 18.4 Å².